The van der Waals surface area contributed by atoms with Crippen LogP contribution < -0.4 is 5.32 Å². The number of aromatic nitrogens is 3. The largest absolute Gasteiger partial charge is 0.352 e. The number of carbonyl (C=O) groups excluding carboxylic acids is 1. The molecule has 5 atom stereocenters. The van der Waals surface area contributed by atoms with Gasteiger partial charge in [-0.3, -0.25) is 4.79 Å². The quantitative estimate of drug-likeness (QED) is 0.753. The number of amides is 1. The van der Waals surface area contributed by atoms with Crippen LogP contribution in [-0.4, -0.2) is 32.0 Å². The Morgan fingerprint density at radius 1 is 1.24 bits per heavy atom. The third-order valence-electron chi connectivity index (χ3n) is 6.46. The van der Waals surface area contributed by atoms with Crippen LogP contribution in [-0.2, 0) is 11.3 Å². The maximum Gasteiger partial charge on any atom is 0.233 e. The standard InChI is InChI=1S/C19H30N4OS/c1-4-23-17(14-7-8-14)21-22-19(23)25-12(3)18(24)20-11(2)16-10-13-5-6-15(16)9-13/h11-16H,4-10H2,1-3H3,(H,20,24). The van der Waals surface area contributed by atoms with Crippen molar-refractivity contribution < 1.29 is 4.79 Å². The van der Waals surface area contributed by atoms with Crippen molar-refractivity contribution in [3.8, 4) is 0 Å². The van der Waals surface area contributed by atoms with E-state index in [9.17, 15) is 4.79 Å². The number of hydrogen-bond donors (Lipinski definition) is 1. The van der Waals surface area contributed by atoms with Crippen molar-refractivity contribution in [3.63, 3.8) is 0 Å². The summed E-state index contributed by atoms with van der Waals surface area (Å²) in [6, 6.07) is 0.289. The first-order chi connectivity index (χ1) is 12.1. The van der Waals surface area contributed by atoms with Crippen LogP contribution in [0, 0.1) is 17.8 Å². The molecule has 4 rings (SSSR count). The summed E-state index contributed by atoms with van der Waals surface area (Å²) in [7, 11) is 0. The minimum atomic E-state index is -0.136. The Morgan fingerprint density at radius 2 is 2.04 bits per heavy atom. The molecule has 1 aromatic rings. The highest BCUT2D eigenvalue weighted by atomic mass is 32.2. The molecule has 1 N–H and O–H groups in total. The first-order valence-corrected chi connectivity index (χ1v) is 10.8. The molecule has 3 fully saturated rings. The lowest BCUT2D eigenvalue weighted by Crippen LogP contribution is -2.43. The Balaban J connectivity index is 1.34. The van der Waals surface area contributed by atoms with Crippen LogP contribution >= 0.6 is 11.8 Å². The van der Waals surface area contributed by atoms with Crippen molar-refractivity contribution in [2.24, 2.45) is 17.8 Å². The highest BCUT2D eigenvalue weighted by Crippen LogP contribution is 2.49. The van der Waals surface area contributed by atoms with Gasteiger partial charge < -0.3 is 9.88 Å². The monoisotopic (exact) mass is 362 g/mol. The zero-order chi connectivity index (χ0) is 17.6. The van der Waals surface area contributed by atoms with Crippen molar-refractivity contribution in [2.45, 2.75) is 88.2 Å². The van der Waals surface area contributed by atoms with Crippen LogP contribution in [0.1, 0.15) is 71.0 Å². The molecule has 5 unspecified atom stereocenters. The summed E-state index contributed by atoms with van der Waals surface area (Å²) in [5, 5.41) is 12.8. The van der Waals surface area contributed by atoms with Crippen LogP contribution in [0.3, 0.4) is 0 Å². The number of rotatable bonds is 7. The summed E-state index contributed by atoms with van der Waals surface area (Å²) in [6.45, 7) is 7.18. The number of hydrogen-bond acceptors (Lipinski definition) is 4. The van der Waals surface area contributed by atoms with E-state index in [0.717, 1.165) is 29.4 Å². The first kappa shape index (κ1) is 17.4. The third-order valence-corrected chi connectivity index (χ3v) is 7.54. The van der Waals surface area contributed by atoms with Crippen molar-refractivity contribution >= 4 is 17.7 Å². The van der Waals surface area contributed by atoms with Gasteiger partial charge in [0.25, 0.3) is 0 Å². The number of nitrogens with one attached hydrogen (secondary N) is 1. The summed E-state index contributed by atoms with van der Waals surface area (Å²) in [6.07, 6.45) is 7.91. The number of nitrogens with zero attached hydrogens (tertiary/aromatic N) is 3. The molecule has 0 radical (unpaired) electrons. The molecule has 0 spiro atoms. The molecular formula is C19H30N4OS. The zero-order valence-electron chi connectivity index (χ0n) is 15.6. The summed E-state index contributed by atoms with van der Waals surface area (Å²) >= 11 is 1.55. The molecule has 138 valence electrons. The lowest BCUT2D eigenvalue weighted by Gasteiger charge is -2.29. The number of thioether (sulfide) groups is 1. The Bertz CT molecular complexity index is 641. The van der Waals surface area contributed by atoms with Gasteiger partial charge in [0.2, 0.25) is 5.91 Å². The Morgan fingerprint density at radius 3 is 2.64 bits per heavy atom. The van der Waals surface area contributed by atoms with E-state index in [2.05, 4.69) is 33.9 Å². The van der Waals surface area contributed by atoms with E-state index in [0.29, 0.717) is 11.8 Å². The molecule has 0 saturated heterocycles. The average molecular weight is 363 g/mol. The van der Waals surface area contributed by atoms with E-state index >= 15 is 0 Å². The van der Waals surface area contributed by atoms with Gasteiger partial charge in [0.05, 0.1) is 5.25 Å². The fraction of sp³-hybridized carbons (Fsp3) is 0.842. The van der Waals surface area contributed by atoms with Gasteiger partial charge in [0.1, 0.15) is 5.82 Å². The molecule has 6 heteroatoms. The molecule has 1 heterocycles. The van der Waals surface area contributed by atoms with Crippen molar-refractivity contribution in [3.05, 3.63) is 5.82 Å². The molecule has 1 aromatic heterocycles. The van der Waals surface area contributed by atoms with Crippen molar-refractivity contribution in [1.29, 1.82) is 0 Å². The van der Waals surface area contributed by atoms with Gasteiger partial charge in [-0.05, 0) is 70.6 Å². The maximum atomic E-state index is 12.7. The second-order valence-electron chi connectivity index (χ2n) is 8.26. The number of carbonyl (C=O) groups is 1. The molecule has 5 nitrogen and oxygen atoms in total. The molecule has 3 aliphatic rings. The fourth-order valence-corrected chi connectivity index (χ4v) is 5.82. The molecule has 25 heavy (non-hydrogen) atoms. The molecular weight excluding hydrogens is 332 g/mol. The Labute approximate surface area is 154 Å². The fourth-order valence-electron chi connectivity index (χ4n) is 4.89. The first-order valence-electron chi connectivity index (χ1n) is 9.97. The summed E-state index contributed by atoms with van der Waals surface area (Å²) in [4.78, 5) is 12.7. The van der Waals surface area contributed by atoms with E-state index in [1.165, 1.54) is 38.5 Å². The van der Waals surface area contributed by atoms with Crippen LogP contribution in [0.4, 0.5) is 0 Å². The van der Waals surface area contributed by atoms with Gasteiger partial charge >= 0.3 is 0 Å². The smallest absolute Gasteiger partial charge is 0.233 e. The second kappa shape index (κ2) is 6.93. The van der Waals surface area contributed by atoms with Gasteiger partial charge in [-0.25, -0.2) is 0 Å². The van der Waals surface area contributed by atoms with E-state index in [1.807, 2.05) is 6.92 Å². The van der Waals surface area contributed by atoms with Gasteiger partial charge in [-0.1, -0.05) is 18.2 Å². The molecule has 3 aliphatic carbocycles. The lowest BCUT2D eigenvalue weighted by molar-refractivity contribution is -0.121. The highest BCUT2D eigenvalue weighted by molar-refractivity contribution is 8.00. The van der Waals surface area contributed by atoms with Gasteiger partial charge in [0.15, 0.2) is 5.16 Å². The molecule has 0 aliphatic heterocycles. The van der Waals surface area contributed by atoms with Gasteiger partial charge in [-0.2, -0.15) is 0 Å². The Kier molecular flexibility index (Phi) is 4.82. The topological polar surface area (TPSA) is 59.8 Å². The van der Waals surface area contributed by atoms with Gasteiger partial charge in [-0.15, -0.1) is 10.2 Å². The summed E-state index contributed by atoms with van der Waals surface area (Å²) in [5.74, 6) is 4.27. The Hall–Kier alpha value is -1.04. The molecule has 2 bridgehead atoms. The van der Waals surface area contributed by atoms with Crippen LogP contribution in [0.5, 0.6) is 0 Å². The predicted molar refractivity (Wildman–Crippen MR) is 99.5 cm³/mol. The second-order valence-corrected chi connectivity index (χ2v) is 9.56. The lowest BCUT2D eigenvalue weighted by atomic mass is 9.84. The van der Waals surface area contributed by atoms with Gasteiger partial charge in [0, 0.05) is 18.5 Å². The van der Waals surface area contributed by atoms with E-state index in [1.54, 1.807) is 11.8 Å². The van der Waals surface area contributed by atoms with Crippen molar-refractivity contribution in [2.75, 3.05) is 0 Å². The minimum Gasteiger partial charge on any atom is -0.352 e. The maximum absolute atomic E-state index is 12.7. The van der Waals surface area contributed by atoms with E-state index < -0.39 is 0 Å². The number of fused-ring (bicyclic) bond motifs is 2. The van der Waals surface area contributed by atoms with Crippen LogP contribution in [0.2, 0.25) is 0 Å². The SMILES string of the molecule is CCn1c(SC(C)C(=O)NC(C)C2CC3CCC2C3)nnc1C1CC1. The molecule has 0 aromatic carbocycles. The van der Waals surface area contributed by atoms with E-state index in [4.69, 9.17) is 0 Å². The third kappa shape index (κ3) is 3.46. The van der Waals surface area contributed by atoms with E-state index in [-0.39, 0.29) is 17.2 Å². The van der Waals surface area contributed by atoms with Crippen molar-refractivity contribution in [1.82, 2.24) is 20.1 Å². The highest BCUT2D eigenvalue weighted by Gasteiger charge is 2.42. The molecule has 3 saturated carbocycles. The molecule has 1 amide bonds. The average Bonchev–Trinajstić information content (AvgIpc) is 3.04. The zero-order valence-corrected chi connectivity index (χ0v) is 16.4. The van der Waals surface area contributed by atoms with Crippen LogP contribution in [0.25, 0.3) is 0 Å². The summed E-state index contributed by atoms with van der Waals surface area (Å²) in [5.41, 5.74) is 0. The minimum absolute atomic E-state index is 0.136. The predicted octanol–water partition coefficient (Wildman–Crippen LogP) is 3.60. The van der Waals surface area contributed by atoms with Crippen LogP contribution in [0.15, 0.2) is 5.16 Å². The summed E-state index contributed by atoms with van der Waals surface area (Å²) < 4.78 is 2.19. The normalized spacial score (nSPS) is 30.4.